The topological polar surface area (TPSA) is 18.5 Å². The van der Waals surface area contributed by atoms with Gasteiger partial charge in [0, 0.05) is 10.6 Å². The first-order valence-electron chi connectivity index (χ1n) is 15.6. The highest BCUT2D eigenvalue weighted by molar-refractivity contribution is 9.48. The van der Waals surface area contributed by atoms with Crippen LogP contribution >= 0.6 is 30.9 Å². The van der Waals surface area contributed by atoms with Crippen LogP contribution in [0.25, 0.3) is 0 Å². The van der Waals surface area contributed by atoms with Crippen molar-refractivity contribution >= 4 is 65.1 Å². The van der Waals surface area contributed by atoms with E-state index in [2.05, 4.69) is 62.4 Å². The molecule has 2 nitrogen and oxygen atoms in total. The lowest BCUT2D eigenvalue weighted by Gasteiger charge is -2.40. The highest BCUT2D eigenvalue weighted by atomic mass is 33.7. The lowest BCUT2D eigenvalue weighted by atomic mass is 10.1. The fraction of sp³-hybridized carbons (Fsp3) is 0.625. The van der Waals surface area contributed by atoms with Gasteiger partial charge in [-0.15, -0.1) is 0 Å². The lowest BCUT2D eigenvalue weighted by Crippen LogP contribution is -2.09. The molecule has 1 fully saturated rings. The summed E-state index contributed by atoms with van der Waals surface area (Å²) in [4.78, 5) is 0. The van der Waals surface area contributed by atoms with Gasteiger partial charge in [-0.05, 0) is 61.4 Å². The highest BCUT2D eigenvalue weighted by Gasteiger charge is 2.45. The third-order valence-electron chi connectivity index (χ3n) is 7.27. The van der Waals surface area contributed by atoms with Gasteiger partial charge < -0.3 is 9.47 Å². The Kier molecular flexibility index (Phi) is 16.7. The van der Waals surface area contributed by atoms with Crippen molar-refractivity contribution in [3.63, 3.8) is 0 Å². The Morgan fingerprint density at radius 3 is 1.10 bits per heavy atom. The third kappa shape index (κ3) is 12.0. The molecule has 0 spiro atoms. The van der Waals surface area contributed by atoms with E-state index in [1.165, 1.54) is 101 Å². The minimum atomic E-state index is -1.73. The van der Waals surface area contributed by atoms with E-state index in [4.69, 9.17) is 33.1 Å². The first kappa shape index (κ1) is 34.5. The summed E-state index contributed by atoms with van der Waals surface area (Å²) >= 11 is 16.1. The van der Waals surface area contributed by atoms with Crippen molar-refractivity contribution in [2.24, 2.45) is 0 Å². The van der Waals surface area contributed by atoms with Gasteiger partial charge in [-0.25, -0.2) is 0 Å². The molecule has 0 bridgehead atoms. The maximum absolute atomic E-state index is 6.14. The van der Waals surface area contributed by atoms with E-state index < -0.39 is 8.88 Å². The van der Waals surface area contributed by atoms with Crippen molar-refractivity contribution in [2.75, 3.05) is 13.2 Å². The summed E-state index contributed by atoms with van der Waals surface area (Å²) in [6.07, 6.45) is 21.1. The molecule has 0 atom stereocenters. The van der Waals surface area contributed by atoms with Gasteiger partial charge in [0.25, 0.3) is 0 Å². The number of hydrogen-bond donors (Lipinski definition) is 0. The molecule has 0 radical (unpaired) electrons. The van der Waals surface area contributed by atoms with E-state index in [1.54, 1.807) is 0 Å². The first-order chi connectivity index (χ1) is 19.5. The van der Waals surface area contributed by atoms with E-state index in [0.29, 0.717) is 0 Å². The molecule has 8 heteroatoms. The van der Waals surface area contributed by atoms with Gasteiger partial charge >= 0.3 is 0 Å². The second kappa shape index (κ2) is 19.3. The zero-order chi connectivity index (χ0) is 28.5. The Morgan fingerprint density at radius 1 is 0.475 bits per heavy atom. The standard InChI is InChI=1S/C32H50O2P2S4/c1-3-5-7-9-11-13-15-17-27-33-29-19-23-31(24-20-29)35(37)39-36(38,40-35)32-25-21-30(22-26-32)34-28-18-16-14-12-10-8-6-4-2/h19-26H,3-18,27-28H2,1-2H3. The molecule has 0 amide bonds. The molecule has 1 heterocycles. The fourth-order valence-electron chi connectivity index (χ4n) is 4.78. The van der Waals surface area contributed by atoms with Crippen molar-refractivity contribution in [3.8, 4) is 11.5 Å². The van der Waals surface area contributed by atoms with Crippen molar-refractivity contribution in [2.45, 2.75) is 117 Å². The monoisotopic (exact) mass is 656 g/mol. The van der Waals surface area contributed by atoms with E-state index in [1.807, 2.05) is 22.0 Å². The van der Waals surface area contributed by atoms with E-state index in [-0.39, 0.29) is 0 Å². The Morgan fingerprint density at radius 2 is 0.775 bits per heavy atom. The Bertz CT molecular complexity index is 962. The van der Waals surface area contributed by atoms with E-state index >= 15 is 0 Å². The van der Waals surface area contributed by atoms with Crippen LogP contribution in [0.5, 0.6) is 11.5 Å². The van der Waals surface area contributed by atoms with E-state index in [0.717, 1.165) is 37.6 Å². The van der Waals surface area contributed by atoms with Crippen LogP contribution in [0.15, 0.2) is 48.5 Å². The number of ether oxygens (including phenoxy) is 2. The molecule has 0 aliphatic carbocycles. The molecule has 0 unspecified atom stereocenters. The minimum absolute atomic E-state index is 0.797. The number of unbranched alkanes of at least 4 members (excludes halogenated alkanes) is 14. The summed E-state index contributed by atoms with van der Waals surface area (Å²) in [5.41, 5.74) is 0. The molecular weight excluding hydrogens is 607 g/mol. The maximum Gasteiger partial charge on any atom is 0.119 e. The van der Waals surface area contributed by atoms with Gasteiger partial charge in [0.2, 0.25) is 0 Å². The smallest absolute Gasteiger partial charge is 0.119 e. The minimum Gasteiger partial charge on any atom is -0.494 e. The van der Waals surface area contributed by atoms with Gasteiger partial charge in [-0.3, -0.25) is 0 Å². The van der Waals surface area contributed by atoms with Crippen LogP contribution in [0.4, 0.5) is 0 Å². The van der Waals surface area contributed by atoms with Crippen molar-refractivity contribution < 1.29 is 9.47 Å². The van der Waals surface area contributed by atoms with E-state index in [9.17, 15) is 0 Å². The van der Waals surface area contributed by atoms with Crippen LogP contribution in [0.1, 0.15) is 117 Å². The number of hydrogen-bond acceptors (Lipinski definition) is 6. The lowest BCUT2D eigenvalue weighted by molar-refractivity contribution is 0.304. The Labute approximate surface area is 262 Å². The summed E-state index contributed by atoms with van der Waals surface area (Å²) in [7, 11) is 0. The molecule has 2 aromatic rings. The summed E-state index contributed by atoms with van der Waals surface area (Å²) in [6, 6.07) is 17.1. The normalized spacial score (nSPS) is 20.2. The van der Waals surface area contributed by atoms with Crippen LogP contribution in [0.2, 0.25) is 0 Å². The number of benzene rings is 2. The molecule has 1 aliphatic rings. The largest absolute Gasteiger partial charge is 0.494 e. The second-order valence-electron chi connectivity index (χ2n) is 10.8. The SMILES string of the molecule is CCCCCCCCCCOc1ccc(P2(=S)SP(=S)(c3ccc(OCCCCCCCCCC)cc3)S2)cc1. The first-order valence-corrected chi connectivity index (χ1v) is 25.2. The molecule has 1 saturated heterocycles. The zero-order valence-corrected chi connectivity index (χ0v) is 29.7. The Hall–Kier alpha value is 0.0400. The predicted octanol–water partition coefficient (Wildman–Crippen LogP) is 11.8. The molecule has 40 heavy (non-hydrogen) atoms. The summed E-state index contributed by atoms with van der Waals surface area (Å²) in [5, 5.41) is 2.51. The van der Waals surface area contributed by atoms with Crippen LogP contribution < -0.4 is 20.1 Å². The average molecular weight is 657 g/mol. The van der Waals surface area contributed by atoms with Gasteiger partial charge in [-0.1, -0.05) is 149 Å². The summed E-state index contributed by atoms with van der Waals surface area (Å²) in [5.74, 6) is 1.90. The van der Waals surface area contributed by atoms with Gasteiger partial charge in [0.1, 0.15) is 11.5 Å². The maximum atomic E-state index is 6.14. The van der Waals surface area contributed by atoms with Gasteiger partial charge in [-0.2, -0.15) is 0 Å². The van der Waals surface area contributed by atoms with Crippen molar-refractivity contribution in [3.05, 3.63) is 48.5 Å². The molecule has 2 aromatic carbocycles. The van der Waals surface area contributed by atoms with Crippen molar-refractivity contribution in [1.29, 1.82) is 0 Å². The van der Waals surface area contributed by atoms with Crippen LogP contribution in [-0.4, -0.2) is 13.2 Å². The average Bonchev–Trinajstić information content (AvgIpc) is 2.95. The summed E-state index contributed by atoms with van der Waals surface area (Å²) in [6.45, 7) is 6.13. The quantitative estimate of drug-likeness (QED) is 0.0921. The number of rotatable bonds is 22. The molecule has 0 N–H and O–H groups in total. The zero-order valence-electron chi connectivity index (χ0n) is 24.7. The van der Waals surface area contributed by atoms with Crippen LogP contribution in [0, 0.1) is 0 Å². The van der Waals surface area contributed by atoms with Gasteiger partial charge in [0.15, 0.2) is 0 Å². The van der Waals surface area contributed by atoms with Crippen molar-refractivity contribution in [1.82, 2.24) is 0 Å². The fourth-order valence-corrected chi connectivity index (χ4v) is 47.1. The molecule has 0 saturated carbocycles. The predicted molar refractivity (Wildman–Crippen MR) is 192 cm³/mol. The third-order valence-corrected chi connectivity index (χ3v) is 38.5. The molecule has 3 rings (SSSR count). The molecule has 1 aliphatic heterocycles. The summed E-state index contributed by atoms with van der Waals surface area (Å²) < 4.78 is 8.53. The highest BCUT2D eigenvalue weighted by Crippen LogP contribution is 3.04. The molecular formula is C32H50O2P2S4. The van der Waals surface area contributed by atoms with Crippen LogP contribution in [-0.2, 0) is 23.6 Å². The van der Waals surface area contributed by atoms with Crippen LogP contribution in [0.3, 0.4) is 0 Å². The molecule has 224 valence electrons. The second-order valence-corrected chi connectivity index (χ2v) is 32.1. The molecule has 0 aromatic heterocycles. The van der Waals surface area contributed by atoms with Gasteiger partial charge in [0.05, 0.1) is 22.1 Å². The Balaban J connectivity index is 1.33.